The van der Waals surface area contributed by atoms with Gasteiger partial charge in [-0.2, -0.15) is 0 Å². The van der Waals surface area contributed by atoms with Crippen molar-refractivity contribution >= 4 is 17.7 Å². The Morgan fingerprint density at radius 1 is 1.16 bits per heavy atom. The first-order valence-electron chi connectivity index (χ1n) is 8.16. The van der Waals surface area contributed by atoms with Crippen LogP contribution in [0.15, 0.2) is 54.6 Å². The van der Waals surface area contributed by atoms with Crippen LogP contribution in [-0.4, -0.2) is 29.8 Å². The molecular formula is C19H20N2O4. The smallest absolute Gasteiger partial charge is 0.408 e. The Hall–Kier alpha value is -3.02. The zero-order chi connectivity index (χ0) is 17.6. The first-order valence-corrected chi connectivity index (χ1v) is 8.16. The third-order valence-corrected chi connectivity index (χ3v) is 4.26. The minimum absolute atomic E-state index is 0.0340. The first-order chi connectivity index (χ1) is 12.1. The highest BCUT2D eigenvalue weighted by atomic mass is 16.5. The predicted molar refractivity (Wildman–Crippen MR) is 93.5 cm³/mol. The number of alkyl carbamates (subject to hydrolysis) is 1. The van der Waals surface area contributed by atoms with E-state index in [9.17, 15) is 14.7 Å². The third kappa shape index (κ3) is 4.29. The van der Waals surface area contributed by atoms with E-state index in [-0.39, 0.29) is 12.5 Å². The Kier molecular flexibility index (Phi) is 5.18. The highest BCUT2D eigenvalue weighted by Gasteiger charge is 2.29. The van der Waals surface area contributed by atoms with Crippen molar-refractivity contribution in [2.24, 2.45) is 0 Å². The van der Waals surface area contributed by atoms with Crippen LogP contribution in [-0.2, 0) is 16.1 Å². The third-order valence-electron chi connectivity index (χ3n) is 4.26. The van der Waals surface area contributed by atoms with Crippen LogP contribution in [0.5, 0.6) is 0 Å². The second kappa shape index (κ2) is 7.70. The van der Waals surface area contributed by atoms with Crippen LogP contribution in [0, 0.1) is 0 Å². The van der Waals surface area contributed by atoms with Crippen LogP contribution in [0.25, 0.3) is 0 Å². The largest absolute Gasteiger partial charge is 0.480 e. The van der Waals surface area contributed by atoms with E-state index in [1.54, 1.807) is 0 Å². The Balaban J connectivity index is 1.57. The molecule has 3 rings (SSSR count). The summed E-state index contributed by atoms with van der Waals surface area (Å²) in [5.74, 6) is -1.03. The predicted octanol–water partition coefficient (Wildman–Crippen LogP) is 2.97. The maximum absolute atomic E-state index is 11.9. The molecule has 25 heavy (non-hydrogen) atoms. The standard InChI is InChI=1S/C19H20N2O4/c22-18(23)17(10-14-11-20-16-9-5-4-8-15(14)16)21-19(24)25-12-13-6-2-1-3-7-13/h1-9,14,17,20H,10-12H2,(H,21,24)(H,22,23)/t14-,17+/m1/s1. The molecule has 6 nitrogen and oxygen atoms in total. The highest BCUT2D eigenvalue weighted by molar-refractivity contribution is 5.80. The molecule has 3 N–H and O–H groups in total. The van der Waals surface area contributed by atoms with Gasteiger partial charge in [0.2, 0.25) is 0 Å². The van der Waals surface area contributed by atoms with Gasteiger partial charge in [-0.25, -0.2) is 9.59 Å². The number of hydrogen-bond acceptors (Lipinski definition) is 4. The van der Waals surface area contributed by atoms with E-state index >= 15 is 0 Å². The number of rotatable bonds is 6. The quantitative estimate of drug-likeness (QED) is 0.752. The van der Waals surface area contributed by atoms with Gasteiger partial charge in [0.15, 0.2) is 0 Å². The number of aliphatic carboxylic acids is 1. The number of hydrogen-bond donors (Lipinski definition) is 3. The molecule has 2 aromatic rings. The van der Waals surface area contributed by atoms with E-state index in [0.717, 1.165) is 16.8 Å². The molecule has 0 unspecified atom stereocenters. The number of benzene rings is 2. The fourth-order valence-corrected chi connectivity index (χ4v) is 2.98. The van der Waals surface area contributed by atoms with Crippen molar-refractivity contribution in [3.8, 4) is 0 Å². The first kappa shape index (κ1) is 16.8. The highest BCUT2D eigenvalue weighted by Crippen LogP contribution is 2.33. The van der Waals surface area contributed by atoms with Gasteiger partial charge in [-0.05, 0) is 23.6 Å². The Bertz CT molecular complexity index is 748. The zero-order valence-electron chi connectivity index (χ0n) is 13.6. The second-order valence-electron chi connectivity index (χ2n) is 6.00. The molecule has 0 saturated carbocycles. The fourth-order valence-electron chi connectivity index (χ4n) is 2.98. The molecule has 1 heterocycles. The summed E-state index contributed by atoms with van der Waals surface area (Å²) < 4.78 is 5.11. The van der Waals surface area contributed by atoms with Crippen LogP contribution >= 0.6 is 0 Å². The Morgan fingerprint density at radius 2 is 1.88 bits per heavy atom. The molecule has 0 aliphatic carbocycles. The molecule has 0 radical (unpaired) electrons. The van der Waals surface area contributed by atoms with E-state index in [2.05, 4.69) is 10.6 Å². The summed E-state index contributed by atoms with van der Waals surface area (Å²) >= 11 is 0. The molecule has 2 aromatic carbocycles. The molecule has 1 aliphatic rings. The van der Waals surface area contributed by atoms with Crippen LogP contribution in [0.1, 0.15) is 23.5 Å². The average molecular weight is 340 g/mol. The van der Waals surface area contributed by atoms with Gasteiger partial charge in [0.25, 0.3) is 0 Å². The van der Waals surface area contributed by atoms with Gasteiger partial charge in [-0.15, -0.1) is 0 Å². The van der Waals surface area contributed by atoms with Crippen LogP contribution < -0.4 is 10.6 Å². The number of para-hydroxylation sites is 1. The lowest BCUT2D eigenvalue weighted by molar-refractivity contribution is -0.139. The molecule has 130 valence electrons. The van der Waals surface area contributed by atoms with E-state index in [1.807, 2.05) is 54.6 Å². The average Bonchev–Trinajstić information content (AvgIpc) is 3.03. The summed E-state index contributed by atoms with van der Waals surface area (Å²) in [6.07, 6.45) is -0.421. The van der Waals surface area contributed by atoms with E-state index < -0.39 is 18.1 Å². The normalized spacial score (nSPS) is 16.4. The van der Waals surface area contributed by atoms with Crippen molar-refractivity contribution in [1.29, 1.82) is 0 Å². The summed E-state index contributed by atoms with van der Waals surface area (Å²) in [4.78, 5) is 23.5. The zero-order valence-corrected chi connectivity index (χ0v) is 13.6. The van der Waals surface area contributed by atoms with Crippen molar-refractivity contribution in [2.45, 2.75) is 25.0 Å². The summed E-state index contributed by atoms with van der Waals surface area (Å²) in [5, 5.41) is 15.1. The van der Waals surface area contributed by atoms with Gasteiger partial charge in [0.05, 0.1) is 0 Å². The van der Waals surface area contributed by atoms with Crippen LogP contribution in [0.4, 0.5) is 10.5 Å². The van der Waals surface area contributed by atoms with Gasteiger partial charge in [0.1, 0.15) is 12.6 Å². The van der Waals surface area contributed by atoms with Crippen molar-refractivity contribution in [3.05, 3.63) is 65.7 Å². The number of ether oxygens (including phenoxy) is 1. The van der Waals surface area contributed by atoms with Crippen LogP contribution in [0.2, 0.25) is 0 Å². The molecule has 0 saturated heterocycles. The number of carbonyl (C=O) groups excluding carboxylic acids is 1. The number of nitrogens with one attached hydrogen (secondary N) is 2. The number of carbonyl (C=O) groups is 2. The lowest BCUT2D eigenvalue weighted by Gasteiger charge is -2.18. The Morgan fingerprint density at radius 3 is 2.64 bits per heavy atom. The van der Waals surface area contributed by atoms with Gasteiger partial charge < -0.3 is 20.5 Å². The number of amides is 1. The molecule has 0 aromatic heterocycles. The minimum atomic E-state index is -1.07. The van der Waals surface area contributed by atoms with E-state index in [1.165, 1.54) is 0 Å². The Labute approximate surface area is 145 Å². The molecule has 0 fully saturated rings. The van der Waals surface area contributed by atoms with Crippen LogP contribution in [0.3, 0.4) is 0 Å². The van der Waals surface area contributed by atoms with Gasteiger partial charge in [-0.1, -0.05) is 48.5 Å². The molecule has 1 amide bonds. The number of carboxylic acid groups (broad SMARTS) is 1. The maximum atomic E-state index is 11.9. The summed E-state index contributed by atoms with van der Waals surface area (Å²) in [6.45, 7) is 0.761. The second-order valence-corrected chi connectivity index (χ2v) is 6.00. The lowest BCUT2D eigenvalue weighted by atomic mass is 9.94. The topological polar surface area (TPSA) is 87.7 Å². The lowest BCUT2D eigenvalue weighted by Crippen LogP contribution is -2.42. The van der Waals surface area contributed by atoms with Crippen molar-refractivity contribution in [2.75, 3.05) is 11.9 Å². The number of anilines is 1. The molecule has 0 spiro atoms. The number of carboxylic acids is 1. The SMILES string of the molecule is O=C(N[C@@H](C[C@@H]1CNc2ccccc21)C(=O)O)OCc1ccccc1. The maximum Gasteiger partial charge on any atom is 0.408 e. The van der Waals surface area contributed by atoms with Gasteiger partial charge in [-0.3, -0.25) is 0 Å². The molecule has 6 heteroatoms. The molecule has 0 bridgehead atoms. The van der Waals surface area contributed by atoms with E-state index in [0.29, 0.717) is 13.0 Å². The molecule has 2 atom stereocenters. The summed E-state index contributed by atoms with van der Waals surface area (Å²) in [5.41, 5.74) is 2.94. The number of fused-ring (bicyclic) bond motifs is 1. The molecule has 1 aliphatic heterocycles. The molecular weight excluding hydrogens is 320 g/mol. The van der Waals surface area contributed by atoms with Crippen molar-refractivity contribution < 1.29 is 19.4 Å². The summed E-state index contributed by atoms with van der Waals surface area (Å²) in [7, 11) is 0. The van der Waals surface area contributed by atoms with E-state index in [4.69, 9.17) is 4.74 Å². The monoisotopic (exact) mass is 340 g/mol. The minimum Gasteiger partial charge on any atom is -0.480 e. The van der Waals surface area contributed by atoms with Crippen molar-refractivity contribution in [3.63, 3.8) is 0 Å². The summed E-state index contributed by atoms with van der Waals surface area (Å²) in [6, 6.07) is 16.0. The fraction of sp³-hybridized carbons (Fsp3) is 0.263. The van der Waals surface area contributed by atoms with Gasteiger partial charge >= 0.3 is 12.1 Å². The van der Waals surface area contributed by atoms with Gasteiger partial charge in [0, 0.05) is 18.2 Å². The van der Waals surface area contributed by atoms with Crippen molar-refractivity contribution in [1.82, 2.24) is 5.32 Å².